The second kappa shape index (κ2) is 8.36. The van der Waals surface area contributed by atoms with Crippen LogP contribution in [-0.4, -0.2) is 21.2 Å². The van der Waals surface area contributed by atoms with Gasteiger partial charge in [0.05, 0.1) is 16.7 Å². The van der Waals surface area contributed by atoms with Crippen molar-refractivity contribution in [2.75, 3.05) is 11.2 Å². The summed E-state index contributed by atoms with van der Waals surface area (Å²) in [5.41, 5.74) is 5.89. The lowest BCUT2D eigenvalue weighted by Crippen LogP contribution is -2.35. The third kappa shape index (κ3) is 4.09. The molecule has 0 bridgehead atoms. The van der Waals surface area contributed by atoms with Crippen molar-refractivity contribution >= 4 is 45.3 Å². The first-order valence-electron chi connectivity index (χ1n) is 9.32. The monoisotopic (exact) mass is 404 g/mol. The van der Waals surface area contributed by atoms with Crippen LogP contribution in [0.15, 0.2) is 76.4 Å². The van der Waals surface area contributed by atoms with Crippen LogP contribution in [0.4, 0.5) is 5.95 Å². The van der Waals surface area contributed by atoms with E-state index in [4.69, 9.17) is 0 Å². The number of nitrogens with one attached hydrogen (secondary N) is 2. The molecule has 1 heterocycles. The molecule has 0 saturated carbocycles. The van der Waals surface area contributed by atoms with Crippen LogP contribution >= 0.6 is 11.8 Å². The first kappa shape index (κ1) is 19.0. The quantitative estimate of drug-likeness (QED) is 0.378. The van der Waals surface area contributed by atoms with E-state index >= 15 is 0 Å². The molecule has 3 aromatic carbocycles. The van der Waals surface area contributed by atoms with Crippen molar-refractivity contribution in [2.24, 2.45) is 0 Å². The number of para-hydroxylation sites is 1. The molecule has 0 radical (unpaired) electrons. The molecule has 0 atom stereocenters. The minimum atomic E-state index is -0.201. The van der Waals surface area contributed by atoms with E-state index in [2.05, 4.69) is 34.0 Å². The first-order valence-corrected chi connectivity index (χ1v) is 10.3. The van der Waals surface area contributed by atoms with Crippen molar-refractivity contribution in [3.8, 4) is 0 Å². The van der Waals surface area contributed by atoms with Crippen LogP contribution in [0, 0.1) is 0 Å². The number of hydrogen-bond donors (Lipinski definition) is 2. The van der Waals surface area contributed by atoms with Gasteiger partial charge in [-0.05, 0) is 42.0 Å². The highest BCUT2D eigenvalue weighted by atomic mass is 32.2. The molecule has 1 amide bonds. The molecule has 29 heavy (non-hydrogen) atoms. The van der Waals surface area contributed by atoms with Crippen LogP contribution in [0.3, 0.4) is 0 Å². The van der Waals surface area contributed by atoms with Crippen molar-refractivity contribution < 1.29 is 4.79 Å². The molecular formula is C22H20N4O2S. The fourth-order valence-electron chi connectivity index (χ4n) is 3.12. The molecule has 0 unspecified atom stereocenters. The number of carbonyl (C=O) groups excluding carboxylic acids is 1. The molecule has 0 aliphatic rings. The fourth-order valence-corrected chi connectivity index (χ4v) is 3.87. The van der Waals surface area contributed by atoms with E-state index in [0.29, 0.717) is 23.4 Å². The highest BCUT2D eigenvalue weighted by Crippen LogP contribution is 2.23. The molecule has 1 aromatic heterocycles. The van der Waals surface area contributed by atoms with Gasteiger partial charge in [0.1, 0.15) is 0 Å². The fraction of sp³-hybridized carbons (Fsp3) is 0.136. The van der Waals surface area contributed by atoms with E-state index in [1.807, 2.05) is 43.3 Å². The summed E-state index contributed by atoms with van der Waals surface area (Å²) in [6, 6.07) is 21.4. The second-order valence-corrected chi connectivity index (χ2v) is 7.52. The minimum Gasteiger partial charge on any atom is -0.277 e. The Bertz CT molecular complexity index is 1250. The molecule has 0 spiro atoms. The van der Waals surface area contributed by atoms with Gasteiger partial charge in [-0.15, -0.1) is 11.8 Å². The number of rotatable bonds is 6. The number of nitrogens with zero attached hydrogens (tertiary/aromatic N) is 2. The van der Waals surface area contributed by atoms with Gasteiger partial charge in [-0.25, -0.2) is 4.98 Å². The van der Waals surface area contributed by atoms with Gasteiger partial charge in [0.25, 0.3) is 5.56 Å². The number of anilines is 1. The van der Waals surface area contributed by atoms with Gasteiger partial charge >= 0.3 is 0 Å². The number of benzene rings is 3. The van der Waals surface area contributed by atoms with Gasteiger partial charge in [-0.2, -0.15) is 0 Å². The highest BCUT2D eigenvalue weighted by Gasteiger charge is 2.10. The number of thioether (sulfide) groups is 1. The van der Waals surface area contributed by atoms with Crippen LogP contribution < -0.4 is 16.4 Å². The Morgan fingerprint density at radius 1 is 1.03 bits per heavy atom. The third-order valence-electron chi connectivity index (χ3n) is 4.58. The van der Waals surface area contributed by atoms with Crippen LogP contribution in [-0.2, 0) is 11.3 Å². The lowest BCUT2D eigenvalue weighted by atomic mass is 10.1. The summed E-state index contributed by atoms with van der Waals surface area (Å²) in [5, 5.41) is 2.87. The molecule has 7 heteroatoms. The Morgan fingerprint density at radius 3 is 2.62 bits per heavy atom. The van der Waals surface area contributed by atoms with Gasteiger partial charge in [0.15, 0.2) is 0 Å². The number of carbonyl (C=O) groups is 1. The van der Waals surface area contributed by atoms with E-state index < -0.39 is 0 Å². The lowest BCUT2D eigenvalue weighted by molar-refractivity contribution is -0.118. The number of hydrazine groups is 1. The number of amides is 1. The molecule has 146 valence electrons. The number of fused-ring (bicyclic) bond motifs is 2. The second-order valence-electron chi connectivity index (χ2n) is 6.47. The maximum absolute atomic E-state index is 12.6. The zero-order valence-corrected chi connectivity index (χ0v) is 16.7. The molecule has 2 N–H and O–H groups in total. The van der Waals surface area contributed by atoms with E-state index in [9.17, 15) is 9.59 Å². The predicted molar refractivity (Wildman–Crippen MR) is 118 cm³/mol. The zero-order chi connectivity index (χ0) is 20.2. The standard InChI is InChI=1S/C22H20N4O2S/c1-2-26-21(28)18-9-5-6-10-19(18)23-22(26)25-24-20(27)14-29-17-12-11-15-7-3-4-8-16(15)13-17/h3-13H,2,14H2,1H3,(H,23,25)(H,24,27). The maximum atomic E-state index is 12.6. The topological polar surface area (TPSA) is 76.0 Å². The number of hydrogen-bond acceptors (Lipinski definition) is 5. The van der Waals surface area contributed by atoms with Crippen molar-refractivity contribution in [1.29, 1.82) is 0 Å². The van der Waals surface area contributed by atoms with E-state index in [0.717, 1.165) is 10.3 Å². The zero-order valence-electron chi connectivity index (χ0n) is 15.9. The van der Waals surface area contributed by atoms with Gasteiger partial charge in [-0.3, -0.25) is 25.0 Å². The highest BCUT2D eigenvalue weighted by molar-refractivity contribution is 8.00. The molecular weight excluding hydrogens is 384 g/mol. The third-order valence-corrected chi connectivity index (χ3v) is 5.58. The smallest absolute Gasteiger partial charge is 0.262 e. The van der Waals surface area contributed by atoms with Crippen molar-refractivity contribution in [3.63, 3.8) is 0 Å². The van der Waals surface area contributed by atoms with Crippen LogP contribution in [0.1, 0.15) is 6.92 Å². The van der Waals surface area contributed by atoms with Crippen LogP contribution in [0.5, 0.6) is 0 Å². The molecule has 0 fully saturated rings. The predicted octanol–water partition coefficient (Wildman–Crippen LogP) is 3.81. The average molecular weight is 404 g/mol. The van der Waals surface area contributed by atoms with Crippen molar-refractivity contribution in [2.45, 2.75) is 18.4 Å². The normalized spacial score (nSPS) is 10.9. The first-order chi connectivity index (χ1) is 14.2. The van der Waals surface area contributed by atoms with Gasteiger partial charge < -0.3 is 0 Å². The summed E-state index contributed by atoms with van der Waals surface area (Å²) in [5.74, 6) is 0.364. The van der Waals surface area contributed by atoms with E-state index in [1.54, 1.807) is 12.1 Å². The molecule has 0 saturated heterocycles. The van der Waals surface area contributed by atoms with Crippen LogP contribution in [0.2, 0.25) is 0 Å². The Kier molecular flexibility index (Phi) is 5.48. The molecule has 0 aliphatic carbocycles. The summed E-state index contributed by atoms with van der Waals surface area (Å²) in [7, 11) is 0. The van der Waals surface area contributed by atoms with Crippen LogP contribution in [0.25, 0.3) is 21.7 Å². The molecule has 4 aromatic rings. The average Bonchev–Trinajstić information content (AvgIpc) is 2.76. The Hall–Kier alpha value is -3.32. The van der Waals surface area contributed by atoms with Gasteiger partial charge in [-0.1, -0.05) is 42.5 Å². The molecule has 6 nitrogen and oxygen atoms in total. The van der Waals surface area contributed by atoms with Gasteiger partial charge in [0.2, 0.25) is 11.9 Å². The lowest BCUT2D eigenvalue weighted by Gasteiger charge is -2.14. The SMILES string of the molecule is CCn1c(NNC(=O)CSc2ccc3ccccc3c2)nc2ccccc2c1=O. The summed E-state index contributed by atoms with van der Waals surface area (Å²) in [6.07, 6.45) is 0. The largest absolute Gasteiger partial charge is 0.277 e. The summed E-state index contributed by atoms with van der Waals surface area (Å²) >= 11 is 1.45. The maximum Gasteiger partial charge on any atom is 0.262 e. The van der Waals surface area contributed by atoms with Crippen molar-refractivity contribution in [1.82, 2.24) is 15.0 Å². The Morgan fingerprint density at radius 2 is 1.79 bits per heavy atom. The van der Waals surface area contributed by atoms with E-state index in [1.165, 1.54) is 21.7 Å². The summed E-state index contributed by atoms with van der Waals surface area (Å²) in [4.78, 5) is 30.4. The van der Waals surface area contributed by atoms with Crippen molar-refractivity contribution in [3.05, 3.63) is 77.1 Å². The summed E-state index contributed by atoms with van der Waals surface area (Å²) in [6.45, 7) is 2.31. The molecule has 0 aliphatic heterocycles. The summed E-state index contributed by atoms with van der Waals surface area (Å²) < 4.78 is 1.50. The Balaban J connectivity index is 1.43. The molecule has 4 rings (SSSR count). The number of aromatic nitrogens is 2. The van der Waals surface area contributed by atoms with E-state index in [-0.39, 0.29) is 17.2 Å². The van der Waals surface area contributed by atoms with Gasteiger partial charge in [0, 0.05) is 11.4 Å². The minimum absolute atomic E-state index is 0.139. The Labute approximate surface area is 171 Å².